The van der Waals surface area contributed by atoms with E-state index in [0.717, 1.165) is 11.6 Å². The lowest BCUT2D eigenvalue weighted by molar-refractivity contribution is -0.137. The lowest BCUT2D eigenvalue weighted by Gasteiger charge is -2.34. The molecular formula is C23H25F3N4O3. The number of benzene rings is 2. The molecular weight excluding hydrogens is 437 g/mol. The zero-order valence-corrected chi connectivity index (χ0v) is 18.1. The second kappa shape index (κ2) is 10.5. The Morgan fingerprint density at radius 2 is 1.58 bits per heavy atom. The van der Waals surface area contributed by atoms with E-state index in [2.05, 4.69) is 10.6 Å². The number of hydrogen-bond acceptors (Lipinski definition) is 4. The summed E-state index contributed by atoms with van der Waals surface area (Å²) in [6, 6.07) is 11.8. The Bertz CT molecular complexity index is 1000. The number of carbonyl (C=O) groups is 3. The molecule has 0 aliphatic carbocycles. The number of alkyl halides is 3. The minimum absolute atomic E-state index is 0.0634. The maximum atomic E-state index is 13.1. The standard InChI is InChI=1S/C23H25F3N4O3/c1-16(31)27-14-17-6-8-18(9-7-17)22(33)30-12-10-29(11-13-30)15-21(32)28-20-5-3-2-4-19(20)23(24,25)26/h2-9H,10-15H2,1H3,(H,27,31)(H,28,32). The number of hydrogen-bond donors (Lipinski definition) is 2. The molecule has 10 heteroatoms. The molecule has 33 heavy (non-hydrogen) atoms. The minimum Gasteiger partial charge on any atom is -0.352 e. The van der Waals surface area contributed by atoms with E-state index >= 15 is 0 Å². The minimum atomic E-state index is -4.56. The van der Waals surface area contributed by atoms with Gasteiger partial charge in [-0.05, 0) is 29.8 Å². The van der Waals surface area contributed by atoms with Gasteiger partial charge in [0.15, 0.2) is 0 Å². The van der Waals surface area contributed by atoms with Crippen LogP contribution in [0.25, 0.3) is 0 Å². The van der Waals surface area contributed by atoms with E-state index in [9.17, 15) is 27.6 Å². The average molecular weight is 462 g/mol. The first-order valence-corrected chi connectivity index (χ1v) is 10.4. The van der Waals surface area contributed by atoms with E-state index in [1.807, 2.05) is 0 Å². The Morgan fingerprint density at radius 3 is 2.18 bits per heavy atom. The molecule has 176 valence electrons. The third-order valence-electron chi connectivity index (χ3n) is 5.28. The van der Waals surface area contributed by atoms with Gasteiger partial charge in [0.05, 0.1) is 17.8 Å². The SMILES string of the molecule is CC(=O)NCc1ccc(C(=O)N2CCN(CC(=O)Nc3ccccc3C(F)(F)F)CC2)cc1. The first-order valence-electron chi connectivity index (χ1n) is 10.4. The zero-order chi connectivity index (χ0) is 24.0. The topological polar surface area (TPSA) is 81.8 Å². The van der Waals surface area contributed by atoms with Gasteiger partial charge in [-0.3, -0.25) is 19.3 Å². The molecule has 2 N–H and O–H groups in total. The summed E-state index contributed by atoms with van der Waals surface area (Å²) < 4.78 is 39.3. The first kappa shape index (κ1) is 24.2. The highest BCUT2D eigenvalue weighted by Gasteiger charge is 2.33. The number of amides is 3. The molecule has 2 aromatic rings. The van der Waals surface area contributed by atoms with Crippen LogP contribution in [0.15, 0.2) is 48.5 Å². The van der Waals surface area contributed by atoms with Crippen LogP contribution < -0.4 is 10.6 Å². The monoisotopic (exact) mass is 462 g/mol. The van der Waals surface area contributed by atoms with Crippen molar-refractivity contribution in [2.24, 2.45) is 0 Å². The largest absolute Gasteiger partial charge is 0.418 e. The molecule has 0 bridgehead atoms. The molecule has 3 rings (SSSR count). The zero-order valence-electron chi connectivity index (χ0n) is 18.1. The van der Waals surface area contributed by atoms with Gasteiger partial charge in [0, 0.05) is 45.2 Å². The lowest BCUT2D eigenvalue weighted by atomic mass is 10.1. The third-order valence-corrected chi connectivity index (χ3v) is 5.28. The van der Waals surface area contributed by atoms with E-state index in [1.165, 1.54) is 25.1 Å². The summed E-state index contributed by atoms with van der Waals surface area (Å²) in [5.41, 5.74) is 0.240. The second-order valence-corrected chi connectivity index (χ2v) is 7.77. The van der Waals surface area contributed by atoms with Crippen LogP contribution in [0.3, 0.4) is 0 Å². The van der Waals surface area contributed by atoms with Crippen LogP contribution in [0.1, 0.15) is 28.4 Å². The molecule has 0 saturated carbocycles. The van der Waals surface area contributed by atoms with Crippen molar-refractivity contribution >= 4 is 23.4 Å². The third kappa shape index (κ3) is 6.79. The number of piperazine rings is 1. The van der Waals surface area contributed by atoms with Crippen molar-refractivity contribution in [1.29, 1.82) is 0 Å². The quantitative estimate of drug-likeness (QED) is 0.692. The summed E-state index contributed by atoms with van der Waals surface area (Å²) in [7, 11) is 0. The fourth-order valence-electron chi connectivity index (χ4n) is 3.52. The number of anilines is 1. The van der Waals surface area contributed by atoms with Gasteiger partial charge in [-0.2, -0.15) is 13.2 Å². The van der Waals surface area contributed by atoms with Crippen LogP contribution in [0, 0.1) is 0 Å². The van der Waals surface area contributed by atoms with E-state index < -0.39 is 17.6 Å². The van der Waals surface area contributed by atoms with E-state index in [4.69, 9.17) is 0 Å². The van der Waals surface area contributed by atoms with Crippen LogP contribution in [-0.2, 0) is 22.3 Å². The number of nitrogens with one attached hydrogen (secondary N) is 2. The fraction of sp³-hybridized carbons (Fsp3) is 0.348. The molecule has 1 aliphatic heterocycles. The van der Waals surface area contributed by atoms with Crippen molar-refractivity contribution in [3.8, 4) is 0 Å². The normalized spacial score (nSPS) is 14.6. The predicted octanol–water partition coefficient (Wildman–Crippen LogP) is 2.74. The summed E-state index contributed by atoms with van der Waals surface area (Å²) >= 11 is 0. The summed E-state index contributed by atoms with van der Waals surface area (Å²) in [5.74, 6) is -0.809. The van der Waals surface area contributed by atoms with Gasteiger partial charge < -0.3 is 15.5 Å². The lowest BCUT2D eigenvalue weighted by Crippen LogP contribution is -2.50. The molecule has 1 heterocycles. The second-order valence-electron chi connectivity index (χ2n) is 7.77. The Morgan fingerprint density at radius 1 is 0.939 bits per heavy atom. The fourth-order valence-corrected chi connectivity index (χ4v) is 3.52. The Kier molecular flexibility index (Phi) is 7.70. The maximum absolute atomic E-state index is 13.1. The van der Waals surface area contributed by atoms with Gasteiger partial charge in [0.1, 0.15) is 0 Å². The molecule has 0 radical (unpaired) electrons. The van der Waals surface area contributed by atoms with Gasteiger partial charge in [0.25, 0.3) is 5.91 Å². The maximum Gasteiger partial charge on any atom is 0.418 e. The highest BCUT2D eigenvalue weighted by Crippen LogP contribution is 2.34. The molecule has 2 aromatic carbocycles. The number of carbonyl (C=O) groups excluding carboxylic acids is 3. The van der Waals surface area contributed by atoms with E-state index in [1.54, 1.807) is 34.1 Å². The highest BCUT2D eigenvalue weighted by molar-refractivity contribution is 5.94. The summed E-state index contributed by atoms with van der Waals surface area (Å²) in [5, 5.41) is 5.03. The summed E-state index contributed by atoms with van der Waals surface area (Å²) in [4.78, 5) is 39.5. The van der Waals surface area contributed by atoms with Crippen molar-refractivity contribution in [1.82, 2.24) is 15.1 Å². The molecule has 0 spiro atoms. The van der Waals surface area contributed by atoms with Crippen LogP contribution in [0.5, 0.6) is 0 Å². The molecule has 1 saturated heterocycles. The van der Waals surface area contributed by atoms with Crippen molar-refractivity contribution in [2.75, 3.05) is 38.0 Å². The van der Waals surface area contributed by atoms with Crippen LogP contribution in [-0.4, -0.2) is 60.2 Å². The van der Waals surface area contributed by atoms with Gasteiger partial charge in [-0.15, -0.1) is 0 Å². The average Bonchev–Trinajstić information content (AvgIpc) is 2.77. The van der Waals surface area contributed by atoms with Gasteiger partial charge >= 0.3 is 6.18 Å². The predicted molar refractivity (Wildman–Crippen MR) is 116 cm³/mol. The van der Waals surface area contributed by atoms with Crippen LogP contribution >= 0.6 is 0 Å². The Hall–Kier alpha value is -3.40. The number of rotatable bonds is 6. The van der Waals surface area contributed by atoms with Crippen molar-refractivity contribution in [3.05, 3.63) is 65.2 Å². The van der Waals surface area contributed by atoms with Gasteiger partial charge in [-0.25, -0.2) is 0 Å². The van der Waals surface area contributed by atoms with E-state index in [0.29, 0.717) is 38.3 Å². The Labute approximate surface area is 189 Å². The van der Waals surface area contributed by atoms with Gasteiger partial charge in [0.2, 0.25) is 11.8 Å². The van der Waals surface area contributed by atoms with Crippen LogP contribution in [0.2, 0.25) is 0 Å². The summed E-state index contributed by atoms with van der Waals surface area (Å²) in [6.45, 7) is 3.42. The smallest absolute Gasteiger partial charge is 0.352 e. The molecule has 1 fully saturated rings. The molecule has 3 amide bonds. The van der Waals surface area contributed by atoms with Crippen molar-refractivity contribution < 1.29 is 27.6 Å². The molecule has 0 aromatic heterocycles. The molecule has 7 nitrogen and oxygen atoms in total. The first-order chi connectivity index (χ1) is 15.6. The van der Waals surface area contributed by atoms with Crippen molar-refractivity contribution in [2.45, 2.75) is 19.6 Å². The van der Waals surface area contributed by atoms with E-state index in [-0.39, 0.29) is 24.0 Å². The molecule has 1 aliphatic rings. The van der Waals surface area contributed by atoms with Crippen molar-refractivity contribution in [3.63, 3.8) is 0 Å². The molecule has 0 unspecified atom stereocenters. The van der Waals surface area contributed by atoms with Gasteiger partial charge in [-0.1, -0.05) is 24.3 Å². The summed E-state index contributed by atoms with van der Waals surface area (Å²) in [6.07, 6.45) is -4.56. The molecule has 0 atom stereocenters. The number of halogens is 3. The number of para-hydroxylation sites is 1. The van der Waals surface area contributed by atoms with Crippen LogP contribution in [0.4, 0.5) is 18.9 Å². The Balaban J connectivity index is 1.49. The number of nitrogens with zero attached hydrogens (tertiary/aromatic N) is 2. The highest BCUT2D eigenvalue weighted by atomic mass is 19.4.